The van der Waals surface area contributed by atoms with Gasteiger partial charge in [-0.05, 0) is 30.0 Å². The van der Waals surface area contributed by atoms with Gasteiger partial charge in [0.05, 0.1) is 4.90 Å². The second-order valence-corrected chi connectivity index (χ2v) is 6.62. The van der Waals surface area contributed by atoms with Gasteiger partial charge in [0.1, 0.15) is 0 Å². The molecule has 2 aromatic rings. The van der Waals surface area contributed by atoms with Crippen molar-refractivity contribution in [2.45, 2.75) is 14.9 Å². The molecule has 9 nitrogen and oxygen atoms in total. The van der Waals surface area contributed by atoms with E-state index in [1.807, 2.05) is 0 Å². The van der Waals surface area contributed by atoms with E-state index in [9.17, 15) is 18.0 Å². The summed E-state index contributed by atoms with van der Waals surface area (Å²) in [5.74, 6) is 0. The van der Waals surface area contributed by atoms with Crippen LogP contribution >= 0.6 is 11.8 Å². The standard InChI is InChI=1S/C10H11N5O4S2/c1-15-10(13-8(16)9(17)14-15)20-7-4-5(21(12,18)19)2-3-6(7)11/h2-4H,11H2,1H3,(H,14,17)(H2,12,18,19). The minimum Gasteiger partial charge on any atom is -0.398 e. The second-order valence-electron chi connectivity index (χ2n) is 4.05. The number of primary sulfonamides is 1. The van der Waals surface area contributed by atoms with Gasteiger partial charge in [-0.1, -0.05) is 0 Å². The molecule has 21 heavy (non-hydrogen) atoms. The van der Waals surface area contributed by atoms with Crippen molar-refractivity contribution >= 4 is 27.5 Å². The zero-order valence-corrected chi connectivity index (χ0v) is 12.4. The van der Waals surface area contributed by atoms with Gasteiger partial charge in [-0.2, -0.15) is 4.98 Å². The van der Waals surface area contributed by atoms with Gasteiger partial charge in [-0.25, -0.2) is 13.6 Å². The number of H-pyrrole nitrogens is 1. The molecule has 2 rings (SSSR count). The molecule has 0 amide bonds. The van der Waals surface area contributed by atoms with Crippen LogP contribution < -0.4 is 22.0 Å². The van der Waals surface area contributed by atoms with Crippen LogP contribution in [-0.4, -0.2) is 23.2 Å². The fourth-order valence-corrected chi connectivity index (χ4v) is 2.92. The Hall–Kier alpha value is -2.11. The lowest BCUT2D eigenvalue weighted by atomic mass is 10.3. The van der Waals surface area contributed by atoms with Crippen molar-refractivity contribution in [1.29, 1.82) is 0 Å². The van der Waals surface area contributed by atoms with Crippen LogP contribution in [0, 0.1) is 0 Å². The lowest BCUT2D eigenvalue weighted by Gasteiger charge is -2.09. The summed E-state index contributed by atoms with van der Waals surface area (Å²) in [6.07, 6.45) is 0. The largest absolute Gasteiger partial charge is 0.398 e. The first kappa shape index (κ1) is 15.3. The Morgan fingerprint density at radius 1 is 1.33 bits per heavy atom. The van der Waals surface area contributed by atoms with Crippen LogP contribution in [0.5, 0.6) is 0 Å². The number of hydrogen-bond donors (Lipinski definition) is 3. The summed E-state index contributed by atoms with van der Waals surface area (Å²) < 4.78 is 23.9. The Labute approximate surface area is 123 Å². The van der Waals surface area contributed by atoms with Crippen LogP contribution in [0.4, 0.5) is 5.69 Å². The molecule has 0 fully saturated rings. The molecule has 0 aliphatic rings. The number of benzene rings is 1. The average molecular weight is 329 g/mol. The number of nitrogens with one attached hydrogen (secondary N) is 1. The summed E-state index contributed by atoms with van der Waals surface area (Å²) in [5.41, 5.74) is 4.24. The van der Waals surface area contributed by atoms with E-state index in [1.54, 1.807) is 0 Å². The highest BCUT2D eigenvalue weighted by Gasteiger charge is 2.13. The highest BCUT2D eigenvalue weighted by Crippen LogP contribution is 2.31. The number of nitrogens with zero attached hydrogens (tertiary/aromatic N) is 2. The highest BCUT2D eigenvalue weighted by atomic mass is 32.2. The third-order valence-electron chi connectivity index (χ3n) is 2.46. The number of aryl methyl sites for hydroxylation is 1. The summed E-state index contributed by atoms with van der Waals surface area (Å²) >= 11 is 0.931. The van der Waals surface area contributed by atoms with Gasteiger partial charge >= 0.3 is 11.1 Å². The number of rotatable bonds is 3. The summed E-state index contributed by atoms with van der Waals surface area (Å²) in [6, 6.07) is 3.92. The van der Waals surface area contributed by atoms with E-state index in [2.05, 4.69) is 10.1 Å². The third-order valence-corrected chi connectivity index (χ3v) is 4.49. The molecular formula is C10H11N5O4S2. The van der Waals surface area contributed by atoms with Gasteiger partial charge < -0.3 is 5.73 Å². The van der Waals surface area contributed by atoms with Crippen LogP contribution in [0.3, 0.4) is 0 Å². The lowest BCUT2D eigenvalue weighted by molar-refractivity contribution is 0.596. The zero-order valence-electron chi connectivity index (χ0n) is 10.7. The van der Waals surface area contributed by atoms with E-state index < -0.39 is 21.1 Å². The predicted molar refractivity (Wildman–Crippen MR) is 76.4 cm³/mol. The van der Waals surface area contributed by atoms with Gasteiger partial charge in [-0.15, -0.1) is 0 Å². The smallest absolute Gasteiger partial charge is 0.339 e. The normalized spacial score (nSPS) is 11.5. The molecule has 0 bridgehead atoms. The van der Waals surface area contributed by atoms with E-state index in [1.165, 1.54) is 29.9 Å². The number of nitrogen functional groups attached to an aromatic ring is 1. The fraction of sp³-hybridized carbons (Fsp3) is 0.100. The summed E-state index contributed by atoms with van der Waals surface area (Å²) in [5, 5.41) is 7.47. The Morgan fingerprint density at radius 3 is 2.62 bits per heavy atom. The van der Waals surface area contributed by atoms with Crippen molar-refractivity contribution < 1.29 is 8.42 Å². The third kappa shape index (κ3) is 3.32. The molecule has 0 aliphatic carbocycles. The Kier molecular flexibility index (Phi) is 3.89. The molecular weight excluding hydrogens is 318 g/mol. The zero-order chi connectivity index (χ0) is 15.8. The summed E-state index contributed by atoms with van der Waals surface area (Å²) in [4.78, 5) is 26.2. The number of sulfonamides is 1. The molecule has 0 saturated carbocycles. The number of hydrogen-bond acceptors (Lipinski definition) is 7. The quantitative estimate of drug-likeness (QED) is 0.474. The molecule has 1 aromatic carbocycles. The number of anilines is 1. The van der Waals surface area contributed by atoms with Crippen molar-refractivity contribution in [3.05, 3.63) is 38.9 Å². The topological polar surface area (TPSA) is 154 Å². The second kappa shape index (κ2) is 5.35. The molecule has 0 radical (unpaired) electrons. The van der Waals surface area contributed by atoms with Crippen molar-refractivity contribution in [1.82, 2.24) is 14.8 Å². The van der Waals surface area contributed by atoms with Crippen LogP contribution in [0.2, 0.25) is 0 Å². The first-order valence-electron chi connectivity index (χ1n) is 5.46. The summed E-state index contributed by atoms with van der Waals surface area (Å²) in [6.45, 7) is 0. The van der Waals surface area contributed by atoms with E-state index in [4.69, 9.17) is 10.9 Å². The molecule has 0 spiro atoms. The predicted octanol–water partition coefficient (Wildman–Crippen LogP) is -1.15. The number of nitrogens with two attached hydrogens (primary N) is 2. The molecule has 1 aromatic heterocycles. The Morgan fingerprint density at radius 2 is 2.00 bits per heavy atom. The molecule has 1 heterocycles. The van der Waals surface area contributed by atoms with E-state index in [0.717, 1.165) is 11.8 Å². The summed E-state index contributed by atoms with van der Waals surface area (Å²) in [7, 11) is -2.39. The molecule has 0 atom stereocenters. The average Bonchev–Trinajstić information content (AvgIpc) is 2.37. The van der Waals surface area contributed by atoms with Gasteiger partial charge in [0, 0.05) is 17.6 Å². The van der Waals surface area contributed by atoms with Crippen molar-refractivity contribution in [2.24, 2.45) is 12.2 Å². The number of aromatic nitrogens is 3. The maximum absolute atomic E-state index is 11.3. The van der Waals surface area contributed by atoms with E-state index in [-0.39, 0.29) is 15.7 Å². The van der Waals surface area contributed by atoms with E-state index in [0.29, 0.717) is 4.90 Å². The minimum absolute atomic E-state index is 0.117. The van der Waals surface area contributed by atoms with Crippen molar-refractivity contribution in [3.63, 3.8) is 0 Å². The maximum Gasteiger partial charge on any atom is 0.339 e. The molecule has 11 heteroatoms. The molecule has 112 valence electrons. The van der Waals surface area contributed by atoms with Crippen LogP contribution in [0.15, 0.2) is 42.7 Å². The first-order chi connectivity index (χ1) is 9.68. The first-order valence-corrected chi connectivity index (χ1v) is 7.82. The molecule has 0 unspecified atom stereocenters. The number of aromatic amines is 1. The minimum atomic E-state index is -3.88. The SMILES string of the molecule is Cn1[nH]c(=O)c(=O)nc1Sc1cc(S(N)(=O)=O)ccc1N. The van der Waals surface area contributed by atoms with Crippen LogP contribution in [-0.2, 0) is 17.1 Å². The molecule has 5 N–H and O–H groups in total. The molecule has 0 saturated heterocycles. The van der Waals surface area contributed by atoms with E-state index >= 15 is 0 Å². The van der Waals surface area contributed by atoms with Gasteiger partial charge in [-0.3, -0.25) is 19.4 Å². The van der Waals surface area contributed by atoms with Gasteiger partial charge in [0.25, 0.3) is 0 Å². The van der Waals surface area contributed by atoms with Crippen LogP contribution in [0.1, 0.15) is 0 Å². The molecule has 0 aliphatic heterocycles. The van der Waals surface area contributed by atoms with Gasteiger partial charge in [0.15, 0.2) is 5.16 Å². The highest BCUT2D eigenvalue weighted by molar-refractivity contribution is 7.99. The Balaban J connectivity index is 2.52. The van der Waals surface area contributed by atoms with Gasteiger partial charge in [0.2, 0.25) is 10.0 Å². The lowest BCUT2D eigenvalue weighted by Crippen LogP contribution is -2.33. The van der Waals surface area contributed by atoms with Crippen molar-refractivity contribution in [3.8, 4) is 0 Å². The monoisotopic (exact) mass is 329 g/mol. The maximum atomic E-state index is 11.3. The Bertz CT molecular complexity index is 916. The van der Waals surface area contributed by atoms with Crippen LogP contribution in [0.25, 0.3) is 0 Å². The fourth-order valence-electron chi connectivity index (χ4n) is 1.43. The van der Waals surface area contributed by atoms with Crippen molar-refractivity contribution in [2.75, 3.05) is 5.73 Å².